The molecule has 5 nitrogen and oxygen atoms in total. The highest BCUT2D eigenvalue weighted by molar-refractivity contribution is 9.09. The van der Waals surface area contributed by atoms with Crippen LogP contribution in [0.5, 0.6) is 0 Å². The van der Waals surface area contributed by atoms with Gasteiger partial charge in [-0.3, -0.25) is 4.90 Å². The van der Waals surface area contributed by atoms with Crippen molar-refractivity contribution < 1.29 is 19.1 Å². The molecular weight excluding hydrogens is 290 g/mol. The standard InChI is InChI=1S/C11H16BrNO4/c1-10(2,3)17-9(15)13-6-11(5-12)4-7(13)8(14)16-11/h7H,4-6H2,1-3H3. The average molecular weight is 306 g/mol. The lowest BCUT2D eigenvalue weighted by Gasteiger charge is -2.32. The van der Waals surface area contributed by atoms with Gasteiger partial charge < -0.3 is 9.47 Å². The minimum Gasteiger partial charge on any atom is -0.455 e. The summed E-state index contributed by atoms with van der Waals surface area (Å²) in [5, 5.41) is 0.543. The summed E-state index contributed by atoms with van der Waals surface area (Å²) in [4.78, 5) is 25.0. The lowest BCUT2D eigenvalue weighted by molar-refractivity contribution is -0.157. The maximum Gasteiger partial charge on any atom is 0.411 e. The van der Waals surface area contributed by atoms with E-state index in [1.54, 1.807) is 20.8 Å². The molecule has 2 aliphatic heterocycles. The second kappa shape index (κ2) is 3.86. The van der Waals surface area contributed by atoms with E-state index in [1.807, 2.05) is 0 Å². The van der Waals surface area contributed by atoms with E-state index in [-0.39, 0.29) is 5.97 Å². The van der Waals surface area contributed by atoms with Crippen LogP contribution in [0.3, 0.4) is 0 Å². The minimum atomic E-state index is -0.557. The van der Waals surface area contributed by atoms with Crippen molar-refractivity contribution in [3.05, 3.63) is 0 Å². The van der Waals surface area contributed by atoms with Gasteiger partial charge in [0.1, 0.15) is 17.2 Å². The number of ether oxygens (including phenoxy) is 2. The fourth-order valence-electron chi connectivity index (χ4n) is 2.15. The van der Waals surface area contributed by atoms with Gasteiger partial charge in [-0.25, -0.2) is 9.59 Å². The van der Waals surface area contributed by atoms with Crippen molar-refractivity contribution in [2.45, 2.75) is 44.4 Å². The fourth-order valence-corrected chi connectivity index (χ4v) is 2.67. The van der Waals surface area contributed by atoms with Crippen molar-refractivity contribution in [1.82, 2.24) is 4.90 Å². The Morgan fingerprint density at radius 1 is 1.65 bits per heavy atom. The van der Waals surface area contributed by atoms with Crippen LogP contribution in [0.25, 0.3) is 0 Å². The van der Waals surface area contributed by atoms with Gasteiger partial charge in [0.2, 0.25) is 0 Å². The van der Waals surface area contributed by atoms with Gasteiger partial charge in [0.15, 0.2) is 0 Å². The van der Waals surface area contributed by atoms with Crippen LogP contribution < -0.4 is 0 Å². The Labute approximate surface area is 109 Å². The number of carbonyl (C=O) groups excluding carboxylic acids is 2. The first-order chi connectivity index (χ1) is 7.76. The molecule has 0 aromatic carbocycles. The Morgan fingerprint density at radius 3 is 2.76 bits per heavy atom. The van der Waals surface area contributed by atoms with Gasteiger partial charge in [-0.05, 0) is 20.8 Å². The highest BCUT2D eigenvalue weighted by atomic mass is 79.9. The Morgan fingerprint density at radius 2 is 2.29 bits per heavy atom. The molecule has 0 aliphatic carbocycles. The maximum absolute atomic E-state index is 11.9. The Bertz CT molecular complexity index is 365. The second-order valence-electron chi connectivity index (χ2n) is 5.57. The van der Waals surface area contributed by atoms with Crippen molar-refractivity contribution in [3.63, 3.8) is 0 Å². The molecule has 0 spiro atoms. The lowest BCUT2D eigenvalue weighted by Crippen LogP contribution is -2.50. The van der Waals surface area contributed by atoms with Crippen LogP contribution in [-0.4, -0.2) is 46.1 Å². The molecule has 0 N–H and O–H groups in total. The molecule has 2 atom stereocenters. The largest absolute Gasteiger partial charge is 0.455 e. The predicted molar refractivity (Wildman–Crippen MR) is 64.0 cm³/mol. The number of likely N-dealkylation sites (tertiary alicyclic amines) is 1. The third-order valence-electron chi connectivity index (χ3n) is 2.86. The van der Waals surface area contributed by atoms with Crippen LogP contribution in [0, 0.1) is 0 Å². The number of halogens is 1. The zero-order valence-corrected chi connectivity index (χ0v) is 11.7. The molecule has 2 bridgehead atoms. The number of hydrogen-bond donors (Lipinski definition) is 0. The Kier molecular flexibility index (Phi) is 2.88. The van der Waals surface area contributed by atoms with Crippen LogP contribution in [0.2, 0.25) is 0 Å². The smallest absolute Gasteiger partial charge is 0.411 e. The SMILES string of the molecule is CC(C)(C)OC(=O)N1CC2(CBr)CC1C(=O)O2. The first-order valence-corrected chi connectivity index (χ1v) is 6.67. The number of amides is 1. The molecule has 96 valence electrons. The highest BCUT2D eigenvalue weighted by Gasteiger charge is 2.58. The number of hydrogen-bond acceptors (Lipinski definition) is 4. The van der Waals surface area contributed by atoms with E-state index < -0.39 is 23.3 Å². The quantitative estimate of drug-likeness (QED) is 0.546. The van der Waals surface area contributed by atoms with Gasteiger partial charge in [0.25, 0.3) is 0 Å². The topological polar surface area (TPSA) is 55.8 Å². The number of fused-ring (bicyclic) bond motifs is 2. The number of nitrogens with zero attached hydrogens (tertiary/aromatic N) is 1. The van der Waals surface area contributed by atoms with Crippen LogP contribution >= 0.6 is 15.9 Å². The van der Waals surface area contributed by atoms with Crippen LogP contribution in [0.1, 0.15) is 27.2 Å². The molecule has 1 amide bonds. The van der Waals surface area contributed by atoms with Gasteiger partial charge in [-0.15, -0.1) is 0 Å². The van der Waals surface area contributed by atoms with E-state index >= 15 is 0 Å². The lowest BCUT2D eigenvalue weighted by atomic mass is 10.1. The predicted octanol–water partition coefficient (Wildman–Crippen LogP) is 1.69. The number of esters is 1. The third kappa shape index (κ3) is 2.27. The van der Waals surface area contributed by atoms with Gasteiger partial charge in [-0.2, -0.15) is 0 Å². The normalized spacial score (nSPS) is 31.6. The number of morpholine rings is 1. The maximum atomic E-state index is 11.9. The molecular formula is C11H16BrNO4. The molecule has 2 saturated heterocycles. The average Bonchev–Trinajstić information content (AvgIpc) is 2.70. The molecule has 2 rings (SSSR count). The summed E-state index contributed by atoms with van der Waals surface area (Å²) >= 11 is 3.33. The highest BCUT2D eigenvalue weighted by Crippen LogP contribution is 2.40. The molecule has 2 aliphatic rings. The summed E-state index contributed by atoms with van der Waals surface area (Å²) in [6, 6.07) is -0.484. The zero-order chi connectivity index (χ0) is 12.8. The molecule has 0 radical (unpaired) electrons. The molecule has 2 unspecified atom stereocenters. The van der Waals surface area contributed by atoms with Crippen molar-refractivity contribution in [2.75, 3.05) is 11.9 Å². The second-order valence-corrected chi connectivity index (χ2v) is 6.13. The molecule has 17 heavy (non-hydrogen) atoms. The van der Waals surface area contributed by atoms with Crippen molar-refractivity contribution in [1.29, 1.82) is 0 Å². The van der Waals surface area contributed by atoms with Gasteiger partial charge in [0.05, 0.1) is 6.54 Å². The fraction of sp³-hybridized carbons (Fsp3) is 0.818. The van der Waals surface area contributed by atoms with Gasteiger partial charge in [-0.1, -0.05) is 15.9 Å². The molecule has 2 heterocycles. The first-order valence-electron chi connectivity index (χ1n) is 5.55. The molecule has 6 heteroatoms. The summed E-state index contributed by atoms with van der Waals surface area (Å²) < 4.78 is 10.5. The summed E-state index contributed by atoms with van der Waals surface area (Å²) in [6.45, 7) is 5.82. The molecule has 0 aromatic heterocycles. The van der Waals surface area contributed by atoms with E-state index in [0.717, 1.165) is 0 Å². The Hall–Kier alpha value is -0.780. The van der Waals surface area contributed by atoms with E-state index in [1.165, 1.54) is 4.90 Å². The summed E-state index contributed by atoms with van der Waals surface area (Å²) in [5.41, 5.74) is -1.11. The van der Waals surface area contributed by atoms with Crippen LogP contribution in [0.15, 0.2) is 0 Å². The summed E-state index contributed by atoms with van der Waals surface area (Å²) in [7, 11) is 0. The van der Waals surface area contributed by atoms with E-state index in [2.05, 4.69) is 15.9 Å². The Balaban J connectivity index is 2.10. The van der Waals surface area contributed by atoms with E-state index in [0.29, 0.717) is 18.3 Å². The molecule has 0 aromatic rings. The van der Waals surface area contributed by atoms with Crippen LogP contribution in [-0.2, 0) is 14.3 Å². The van der Waals surface area contributed by atoms with Gasteiger partial charge in [0, 0.05) is 11.8 Å². The molecule has 0 saturated carbocycles. The van der Waals surface area contributed by atoms with E-state index in [4.69, 9.17) is 9.47 Å². The number of carbonyl (C=O) groups is 2. The first kappa shape index (κ1) is 12.7. The zero-order valence-electron chi connectivity index (χ0n) is 10.2. The van der Waals surface area contributed by atoms with Crippen LogP contribution in [0.4, 0.5) is 4.79 Å². The summed E-state index contributed by atoms with van der Waals surface area (Å²) in [5.74, 6) is -0.332. The van der Waals surface area contributed by atoms with Crippen molar-refractivity contribution in [3.8, 4) is 0 Å². The molecule has 2 fully saturated rings. The summed E-state index contributed by atoms with van der Waals surface area (Å²) in [6.07, 6.45) is 0.109. The monoisotopic (exact) mass is 305 g/mol. The number of rotatable bonds is 1. The van der Waals surface area contributed by atoms with Crippen molar-refractivity contribution in [2.24, 2.45) is 0 Å². The van der Waals surface area contributed by atoms with Crippen molar-refractivity contribution >= 4 is 28.0 Å². The minimum absolute atomic E-state index is 0.332. The van der Waals surface area contributed by atoms with Gasteiger partial charge >= 0.3 is 12.1 Å². The third-order valence-corrected chi connectivity index (χ3v) is 3.88. The van der Waals surface area contributed by atoms with E-state index in [9.17, 15) is 9.59 Å². The number of alkyl halides is 1.